The van der Waals surface area contributed by atoms with E-state index < -0.39 is 0 Å². The second-order valence-corrected chi connectivity index (χ2v) is 5.54. The summed E-state index contributed by atoms with van der Waals surface area (Å²) >= 11 is 13.3. The van der Waals surface area contributed by atoms with Crippen LogP contribution in [0.1, 0.15) is 5.01 Å². The fourth-order valence-electron chi connectivity index (χ4n) is 1.62. The van der Waals surface area contributed by atoms with Crippen LogP contribution in [0.3, 0.4) is 0 Å². The Hall–Kier alpha value is -0.850. The van der Waals surface area contributed by atoms with Crippen LogP contribution in [-0.4, -0.2) is 14.6 Å². The van der Waals surface area contributed by atoms with Crippen molar-refractivity contribution in [1.29, 1.82) is 0 Å². The van der Waals surface area contributed by atoms with Crippen LogP contribution in [0.2, 0.25) is 10.0 Å². The molecule has 19 heavy (non-hydrogen) atoms. The van der Waals surface area contributed by atoms with E-state index in [1.807, 2.05) is 12.3 Å². The summed E-state index contributed by atoms with van der Waals surface area (Å²) in [5.74, 6) is 0. The molecular formula is C11H9Cl3N4S. The third-order valence-electron chi connectivity index (χ3n) is 2.48. The zero-order valence-electron chi connectivity index (χ0n) is 9.51. The lowest BCUT2D eigenvalue weighted by Gasteiger charge is -1.98. The Bertz CT molecular complexity index is 690. The fourth-order valence-corrected chi connectivity index (χ4v) is 2.67. The first-order valence-electron chi connectivity index (χ1n) is 5.18. The molecule has 1 aromatic carbocycles. The van der Waals surface area contributed by atoms with Crippen molar-refractivity contribution in [3.05, 3.63) is 39.4 Å². The highest BCUT2D eigenvalue weighted by Gasteiger charge is 2.10. The number of halogens is 3. The zero-order valence-corrected chi connectivity index (χ0v) is 12.7. The maximum Gasteiger partial charge on any atom is 0.212 e. The van der Waals surface area contributed by atoms with Gasteiger partial charge in [-0.2, -0.15) is 5.10 Å². The van der Waals surface area contributed by atoms with Crippen LogP contribution in [0.5, 0.6) is 0 Å². The van der Waals surface area contributed by atoms with Gasteiger partial charge in [0.25, 0.3) is 0 Å². The second kappa shape index (κ2) is 5.64. The Balaban J connectivity index is 0.00000133. The van der Waals surface area contributed by atoms with Gasteiger partial charge < -0.3 is 5.73 Å². The van der Waals surface area contributed by atoms with Crippen LogP contribution in [0.4, 0.5) is 0 Å². The molecule has 0 fully saturated rings. The average molecular weight is 336 g/mol. The molecule has 3 rings (SSSR count). The number of imidazole rings is 1. The van der Waals surface area contributed by atoms with Gasteiger partial charge in [-0.25, -0.2) is 9.50 Å². The Morgan fingerprint density at radius 3 is 2.68 bits per heavy atom. The summed E-state index contributed by atoms with van der Waals surface area (Å²) in [5, 5.41) is 6.21. The number of hydrogen-bond acceptors (Lipinski definition) is 4. The Morgan fingerprint density at radius 2 is 2.05 bits per heavy atom. The molecule has 0 saturated carbocycles. The topological polar surface area (TPSA) is 56.2 Å². The maximum absolute atomic E-state index is 5.99. The summed E-state index contributed by atoms with van der Waals surface area (Å²) in [6, 6.07) is 5.43. The lowest BCUT2D eigenvalue weighted by Crippen LogP contribution is -1.95. The van der Waals surface area contributed by atoms with Gasteiger partial charge in [-0.3, -0.25) is 0 Å². The van der Waals surface area contributed by atoms with Crippen molar-refractivity contribution in [2.75, 3.05) is 0 Å². The van der Waals surface area contributed by atoms with Crippen LogP contribution in [-0.2, 0) is 6.54 Å². The van der Waals surface area contributed by atoms with E-state index in [4.69, 9.17) is 28.9 Å². The van der Waals surface area contributed by atoms with E-state index >= 15 is 0 Å². The van der Waals surface area contributed by atoms with Gasteiger partial charge >= 0.3 is 0 Å². The number of nitrogens with two attached hydrogens (primary N) is 1. The van der Waals surface area contributed by atoms with Gasteiger partial charge in [-0.1, -0.05) is 40.6 Å². The maximum atomic E-state index is 5.99. The highest BCUT2D eigenvalue weighted by atomic mass is 35.5. The monoisotopic (exact) mass is 334 g/mol. The molecule has 0 unspecified atom stereocenters. The predicted octanol–water partition coefficient (Wildman–Crippen LogP) is 3.65. The minimum absolute atomic E-state index is 0. The smallest absolute Gasteiger partial charge is 0.212 e. The quantitative estimate of drug-likeness (QED) is 0.778. The molecule has 3 aromatic rings. The molecule has 4 nitrogen and oxygen atoms in total. The molecule has 2 N–H and O–H groups in total. The molecule has 0 saturated heterocycles. The van der Waals surface area contributed by atoms with Crippen LogP contribution < -0.4 is 5.73 Å². The summed E-state index contributed by atoms with van der Waals surface area (Å²) < 4.78 is 1.73. The lowest BCUT2D eigenvalue weighted by molar-refractivity contribution is 0.897. The van der Waals surface area contributed by atoms with Crippen molar-refractivity contribution in [2.45, 2.75) is 6.54 Å². The van der Waals surface area contributed by atoms with Crippen molar-refractivity contribution >= 4 is 51.9 Å². The Morgan fingerprint density at radius 1 is 1.26 bits per heavy atom. The van der Waals surface area contributed by atoms with Gasteiger partial charge in [0, 0.05) is 12.1 Å². The van der Waals surface area contributed by atoms with Gasteiger partial charge in [0.1, 0.15) is 5.01 Å². The second-order valence-electron chi connectivity index (χ2n) is 3.68. The van der Waals surface area contributed by atoms with Gasteiger partial charge in [0.2, 0.25) is 4.96 Å². The number of nitrogens with zero attached hydrogens (tertiary/aromatic N) is 3. The normalized spacial score (nSPS) is 10.7. The van der Waals surface area contributed by atoms with Crippen molar-refractivity contribution in [3.63, 3.8) is 0 Å². The Labute approximate surface area is 129 Å². The molecule has 0 bridgehead atoms. The van der Waals surface area contributed by atoms with E-state index in [0.717, 1.165) is 21.2 Å². The summed E-state index contributed by atoms with van der Waals surface area (Å²) in [6.07, 6.45) is 1.85. The molecule has 100 valence electrons. The summed E-state index contributed by atoms with van der Waals surface area (Å²) in [7, 11) is 0. The number of fused-ring (bicyclic) bond motifs is 1. The molecule has 0 aliphatic carbocycles. The first kappa shape index (κ1) is 14.6. The van der Waals surface area contributed by atoms with Crippen molar-refractivity contribution in [3.8, 4) is 11.3 Å². The molecule has 0 aliphatic rings. The molecule has 2 aromatic heterocycles. The standard InChI is InChI=1S/C11H8Cl2N4S.ClH/c12-7-2-1-6(3-8(7)13)9-5-17-11(15-9)18-10(4-14)16-17;/h1-3,5H,4,14H2;1H. The Kier molecular flexibility index (Phi) is 4.32. The van der Waals surface area contributed by atoms with Crippen LogP contribution in [0, 0.1) is 0 Å². The number of rotatable bonds is 2. The van der Waals surface area contributed by atoms with Crippen LogP contribution in [0.15, 0.2) is 24.4 Å². The molecule has 0 spiro atoms. The minimum atomic E-state index is 0. The first-order chi connectivity index (χ1) is 8.67. The van der Waals surface area contributed by atoms with Crippen molar-refractivity contribution < 1.29 is 0 Å². The minimum Gasteiger partial charge on any atom is -0.324 e. The van der Waals surface area contributed by atoms with E-state index in [-0.39, 0.29) is 12.4 Å². The highest BCUT2D eigenvalue weighted by molar-refractivity contribution is 7.16. The van der Waals surface area contributed by atoms with Gasteiger partial charge in [0.15, 0.2) is 0 Å². The van der Waals surface area contributed by atoms with Gasteiger partial charge in [0.05, 0.1) is 21.9 Å². The zero-order chi connectivity index (χ0) is 12.7. The van der Waals surface area contributed by atoms with Crippen LogP contribution >= 0.6 is 46.9 Å². The first-order valence-corrected chi connectivity index (χ1v) is 6.75. The van der Waals surface area contributed by atoms with E-state index in [9.17, 15) is 0 Å². The average Bonchev–Trinajstić information content (AvgIpc) is 2.90. The van der Waals surface area contributed by atoms with E-state index in [1.165, 1.54) is 11.3 Å². The van der Waals surface area contributed by atoms with Crippen molar-refractivity contribution in [2.24, 2.45) is 5.73 Å². The molecular weight excluding hydrogens is 327 g/mol. The van der Waals surface area contributed by atoms with Gasteiger partial charge in [-0.05, 0) is 12.1 Å². The van der Waals surface area contributed by atoms with Gasteiger partial charge in [-0.15, -0.1) is 12.4 Å². The molecule has 2 heterocycles. The highest BCUT2D eigenvalue weighted by Crippen LogP contribution is 2.28. The number of aromatic nitrogens is 3. The van der Waals surface area contributed by atoms with E-state index in [1.54, 1.807) is 16.6 Å². The van der Waals surface area contributed by atoms with Crippen LogP contribution in [0.25, 0.3) is 16.2 Å². The summed E-state index contributed by atoms with van der Waals surface area (Å²) in [5.41, 5.74) is 7.26. The summed E-state index contributed by atoms with van der Waals surface area (Å²) in [4.78, 5) is 5.30. The molecule has 0 radical (unpaired) electrons. The molecule has 0 amide bonds. The molecule has 0 atom stereocenters. The fraction of sp³-hybridized carbons (Fsp3) is 0.0909. The molecule has 0 aliphatic heterocycles. The predicted molar refractivity (Wildman–Crippen MR) is 81.5 cm³/mol. The lowest BCUT2D eigenvalue weighted by atomic mass is 10.2. The van der Waals surface area contributed by atoms with Crippen molar-refractivity contribution in [1.82, 2.24) is 14.6 Å². The third kappa shape index (κ3) is 2.70. The van der Waals surface area contributed by atoms with E-state index in [2.05, 4.69) is 10.1 Å². The van der Waals surface area contributed by atoms with E-state index in [0.29, 0.717) is 16.6 Å². The number of benzene rings is 1. The third-order valence-corrected chi connectivity index (χ3v) is 4.16. The largest absolute Gasteiger partial charge is 0.324 e. The SMILES string of the molecule is Cl.NCc1nn2cc(-c3ccc(Cl)c(Cl)c3)nc2s1. The number of hydrogen-bond donors (Lipinski definition) is 1. The summed E-state index contributed by atoms with van der Waals surface area (Å²) in [6.45, 7) is 0.427. The molecule has 8 heteroatoms.